The van der Waals surface area contributed by atoms with E-state index in [2.05, 4.69) is 43.4 Å². The number of amides is 1. The second-order valence-corrected chi connectivity index (χ2v) is 9.47. The number of nitrogens with one attached hydrogen (secondary N) is 1. The van der Waals surface area contributed by atoms with Gasteiger partial charge in [-0.1, -0.05) is 57.4 Å². The predicted molar refractivity (Wildman–Crippen MR) is 107 cm³/mol. The maximum atomic E-state index is 13.1. The lowest BCUT2D eigenvalue weighted by atomic mass is 9.74. The molecule has 27 heavy (non-hydrogen) atoms. The fourth-order valence-corrected chi connectivity index (χ4v) is 5.60. The largest absolute Gasteiger partial charge is 0.385 e. The molecule has 3 fully saturated rings. The molecular weight excluding hydrogens is 336 g/mol. The van der Waals surface area contributed by atoms with Crippen LogP contribution in [0.25, 0.3) is 0 Å². The van der Waals surface area contributed by atoms with Crippen LogP contribution in [-0.2, 0) is 10.4 Å². The highest BCUT2D eigenvalue weighted by Gasteiger charge is 2.59. The van der Waals surface area contributed by atoms with Crippen molar-refractivity contribution >= 4 is 5.91 Å². The monoisotopic (exact) mass is 370 g/mol. The van der Waals surface area contributed by atoms with Crippen molar-refractivity contribution in [3.63, 3.8) is 0 Å². The van der Waals surface area contributed by atoms with Crippen LogP contribution in [0.5, 0.6) is 0 Å². The predicted octanol–water partition coefficient (Wildman–Crippen LogP) is 4.03. The van der Waals surface area contributed by atoms with Crippen LogP contribution in [0.4, 0.5) is 0 Å². The molecule has 0 aromatic heterocycles. The molecule has 0 unspecified atom stereocenters. The first-order valence-corrected chi connectivity index (χ1v) is 10.7. The number of likely N-dealkylation sites (N-methyl/N-ethyl adjacent to an activating group) is 1. The summed E-state index contributed by atoms with van der Waals surface area (Å²) in [6.45, 7) is 4.38. The highest BCUT2D eigenvalue weighted by Crippen LogP contribution is 2.48. The van der Waals surface area contributed by atoms with Gasteiger partial charge in [-0.05, 0) is 55.6 Å². The Balaban J connectivity index is 1.51. The third kappa shape index (κ3) is 3.01. The van der Waals surface area contributed by atoms with Gasteiger partial charge in [0, 0.05) is 7.05 Å². The quantitative estimate of drug-likeness (QED) is 0.826. The maximum absolute atomic E-state index is 13.1. The molecule has 2 spiro atoms. The Kier molecular flexibility index (Phi) is 4.63. The van der Waals surface area contributed by atoms with Gasteiger partial charge in [-0.15, -0.1) is 0 Å². The Hall–Kier alpha value is -1.39. The third-order valence-electron chi connectivity index (χ3n) is 7.55. The van der Waals surface area contributed by atoms with Crippen molar-refractivity contribution in [3.05, 3.63) is 35.4 Å². The van der Waals surface area contributed by atoms with Crippen LogP contribution in [0.3, 0.4) is 0 Å². The van der Waals surface area contributed by atoms with Crippen molar-refractivity contribution in [1.29, 1.82) is 0 Å². The first kappa shape index (κ1) is 18.9. The minimum absolute atomic E-state index is 0.272. The number of hydrogen-bond acceptors (Lipinski definition) is 3. The van der Waals surface area contributed by atoms with Crippen LogP contribution in [0.2, 0.25) is 0 Å². The topological polar surface area (TPSA) is 52.6 Å². The summed E-state index contributed by atoms with van der Waals surface area (Å²) in [6.07, 6.45) is 8.41. The lowest BCUT2D eigenvalue weighted by Gasteiger charge is -2.46. The van der Waals surface area contributed by atoms with E-state index in [1.165, 1.54) is 12.0 Å². The molecule has 1 aromatic rings. The molecule has 4 rings (SSSR count). The number of rotatable bonds is 2. The summed E-state index contributed by atoms with van der Waals surface area (Å²) in [6, 6.07) is 8.46. The molecule has 2 N–H and O–H groups in total. The first-order valence-electron chi connectivity index (χ1n) is 10.7. The Morgan fingerprint density at radius 3 is 2.11 bits per heavy atom. The number of carbonyl (C=O) groups excluding carboxylic acids is 1. The van der Waals surface area contributed by atoms with E-state index in [9.17, 15) is 9.90 Å². The summed E-state index contributed by atoms with van der Waals surface area (Å²) in [5.74, 6) is 0.770. The number of hydrogen-bond donors (Lipinski definition) is 2. The van der Waals surface area contributed by atoms with E-state index in [0.717, 1.165) is 44.1 Å². The smallest absolute Gasteiger partial charge is 0.244 e. The summed E-state index contributed by atoms with van der Waals surface area (Å²) in [5.41, 5.74) is 0.909. The van der Waals surface area contributed by atoms with E-state index in [1.807, 2.05) is 11.9 Å². The summed E-state index contributed by atoms with van der Waals surface area (Å²) in [5, 5.41) is 15.1. The zero-order valence-electron chi connectivity index (χ0n) is 17.1. The van der Waals surface area contributed by atoms with Gasteiger partial charge in [-0.3, -0.25) is 10.1 Å². The number of nitrogens with zero attached hydrogens (tertiary/aromatic N) is 1. The van der Waals surface area contributed by atoms with Crippen LogP contribution in [0, 0.1) is 0 Å². The van der Waals surface area contributed by atoms with E-state index in [0.29, 0.717) is 18.8 Å². The van der Waals surface area contributed by atoms with Gasteiger partial charge < -0.3 is 10.0 Å². The van der Waals surface area contributed by atoms with Gasteiger partial charge in [0.15, 0.2) is 0 Å². The molecule has 0 radical (unpaired) electrons. The number of aliphatic hydroxyl groups is 1. The molecule has 0 atom stereocenters. The molecular formula is C23H34N2O2. The van der Waals surface area contributed by atoms with Crippen LogP contribution in [0.15, 0.2) is 24.3 Å². The lowest BCUT2D eigenvalue weighted by molar-refractivity contribution is -0.136. The molecule has 1 amide bonds. The minimum atomic E-state index is -0.783. The highest BCUT2D eigenvalue weighted by atomic mass is 16.3. The molecule has 148 valence electrons. The normalized spacial score (nSPS) is 33.4. The fraction of sp³-hybridized carbons (Fsp3) is 0.696. The average Bonchev–Trinajstić information content (AvgIpc) is 2.87. The van der Waals surface area contributed by atoms with E-state index in [-0.39, 0.29) is 17.1 Å². The Morgan fingerprint density at radius 1 is 0.963 bits per heavy atom. The lowest BCUT2D eigenvalue weighted by Crippen LogP contribution is -2.58. The Morgan fingerprint density at radius 2 is 1.56 bits per heavy atom. The van der Waals surface area contributed by atoms with Gasteiger partial charge in [0.2, 0.25) is 5.91 Å². The molecule has 4 heteroatoms. The van der Waals surface area contributed by atoms with Crippen molar-refractivity contribution in [2.24, 2.45) is 0 Å². The van der Waals surface area contributed by atoms with Crippen molar-refractivity contribution < 1.29 is 9.90 Å². The van der Waals surface area contributed by atoms with E-state index >= 15 is 0 Å². The van der Waals surface area contributed by atoms with Gasteiger partial charge in [-0.2, -0.15) is 0 Å². The van der Waals surface area contributed by atoms with Crippen LogP contribution < -0.4 is 5.32 Å². The fourth-order valence-electron chi connectivity index (χ4n) is 5.60. The molecule has 1 heterocycles. The Bertz CT molecular complexity index is 696. The van der Waals surface area contributed by atoms with E-state index in [1.54, 1.807) is 0 Å². The summed E-state index contributed by atoms with van der Waals surface area (Å²) < 4.78 is 0. The summed E-state index contributed by atoms with van der Waals surface area (Å²) in [7, 11) is 1.96. The maximum Gasteiger partial charge on any atom is 0.244 e. The third-order valence-corrected chi connectivity index (χ3v) is 7.55. The van der Waals surface area contributed by atoms with Gasteiger partial charge >= 0.3 is 0 Å². The van der Waals surface area contributed by atoms with Gasteiger partial charge in [-0.25, -0.2) is 0 Å². The summed E-state index contributed by atoms with van der Waals surface area (Å²) in [4.78, 5) is 15.1. The van der Waals surface area contributed by atoms with Crippen molar-refractivity contribution in [2.75, 3.05) is 7.05 Å². The van der Waals surface area contributed by atoms with Crippen LogP contribution in [0.1, 0.15) is 88.7 Å². The second kappa shape index (κ2) is 6.59. The van der Waals surface area contributed by atoms with Crippen LogP contribution in [-0.4, -0.2) is 34.2 Å². The molecule has 2 saturated carbocycles. The zero-order valence-corrected chi connectivity index (χ0v) is 17.1. The number of benzene rings is 1. The molecule has 3 aliphatic rings. The standard InChI is InChI=1S/C23H34N2O2/c1-17(2)18-7-9-19(10-8-18)22(27)13-15-23(16-14-22)24-21(20(26)25(23)3)11-5-4-6-12-21/h7-10,17,24,27H,4-6,11-16H2,1-3H3. The van der Waals surface area contributed by atoms with Gasteiger partial charge in [0.05, 0.1) is 16.8 Å². The Labute approximate surface area is 163 Å². The second-order valence-electron chi connectivity index (χ2n) is 9.47. The molecule has 1 aromatic carbocycles. The highest BCUT2D eigenvalue weighted by molar-refractivity contribution is 5.89. The molecule has 1 aliphatic heterocycles. The van der Waals surface area contributed by atoms with Gasteiger partial charge in [0.1, 0.15) is 0 Å². The number of carbonyl (C=O) groups is 1. The van der Waals surface area contributed by atoms with Crippen molar-refractivity contribution in [2.45, 2.75) is 94.4 Å². The van der Waals surface area contributed by atoms with Gasteiger partial charge in [0.25, 0.3) is 0 Å². The van der Waals surface area contributed by atoms with Crippen LogP contribution >= 0.6 is 0 Å². The summed E-state index contributed by atoms with van der Waals surface area (Å²) >= 11 is 0. The van der Waals surface area contributed by atoms with E-state index in [4.69, 9.17) is 0 Å². The van der Waals surface area contributed by atoms with Crippen molar-refractivity contribution in [1.82, 2.24) is 10.2 Å². The molecule has 0 bridgehead atoms. The average molecular weight is 371 g/mol. The first-order chi connectivity index (χ1) is 12.8. The zero-order chi connectivity index (χ0) is 19.3. The molecule has 1 saturated heterocycles. The SMILES string of the molecule is CC(C)c1ccc(C2(O)CCC3(CC2)NC2(CCCCC2)C(=O)N3C)cc1. The van der Waals surface area contributed by atoms with E-state index < -0.39 is 5.60 Å². The minimum Gasteiger partial charge on any atom is -0.385 e. The molecule has 2 aliphatic carbocycles. The van der Waals surface area contributed by atoms with Crippen molar-refractivity contribution in [3.8, 4) is 0 Å². The molecule has 4 nitrogen and oxygen atoms in total.